The molecule has 0 bridgehead atoms. The average Bonchev–Trinajstić information content (AvgIpc) is 2.41. The van der Waals surface area contributed by atoms with Crippen molar-refractivity contribution in [2.45, 2.75) is 38.8 Å². The van der Waals surface area contributed by atoms with Gasteiger partial charge in [-0.25, -0.2) is 0 Å². The van der Waals surface area contributed by atoms with E-state index in [9.17, 15) is 0 Å². The van der Waals surface area contributed by atoms with E-state index in [0.717, 1.165) is 31.6 Å². The summed E-state index contributed by atoms with van der Waals surface area (Å²) in [5, 5.41) is 12.5. The van der Waals surface area contributed by atoms with Gasteiger partial charge in [0.2, 0.25) is 0 Å². The minimum atomic E-state index is 0.506. The molecule has 0 radical (unpaired) electrons. The first-order valence-electron chi connectivity index (χ1n) is 7.02. The average molecular weight is 258 g/mol. The van der Waals surface area contributed by atoms with Crippen molar-refractivity contribution in [2.24, 2.45) is 5.92 Å². The molecule has 0 unspecified atom stereocenters. The first-order chi connectivity index (χ1) is 9.19. The van der Waals surface area contributed by atoms with Gasteiger partial charge in [-0.1, -0.05) is 26.0 Å². The summed E-state index contributed by atoms with van der Waals surface area (Å²) in [6.07, 6.45) is 2.09. The molecule has 1 aromatic rings. The maximum Gasteiger partial charge on any atom is 0.0991 e. The molecular weight excluding hydrogens is 236 g/mol. The lowest BCUT2D eigenvalue weighted by molar-refractivity contribution is 0.0300. The normalized spacial score (nSPS) is 23.3. The number of rotatable bonds is 4. The van der Waals surface area contributed by atoms with Gasteiger partial charge in [0.25, 0.3) is 0 Å². The lowest BCUT2D eigenvalue weighted by Crippen LogP contribution is -2.46. The number of benzene rings is 1. The van der Waals surface area contributed by atoms with Gasteiger partial charge >= 0.3 is 0 Å². The Balaban J connectivity index is 2.00. The topological polar surface area (TPSA) is 45.0 Å². The highest BCUT2D eigenvalue weighted by Crippen LogP contribution is 2.20. The van der Waals surface area contributed by atoms with Gasteiger partial charge in [0.15, 0.2) is 0 Å². The van der Waals surface area contributed by atoms with E-state index >= 15 is 0 Å². The Kier molecular flexibility index (Phi) is 4.95. The molecule has 19 heavy (non-hydrogen) atoms. The van der Waals surface area contributed by atoms with Crippen LogP contribution in [0.15, 0.2) is 24.3 Å². The summed E-state index contributed by atoms with van der Waals surface area (Å²) in [6.45, 7) is 6.06. The van der Waals surface area contributed by atoms with E-state index < -0.39 is 0 Å². The summed E-state index contributed by atoms with van der Waals surface area (Å²) in [6, 6.07) is 11.1. The molecule has 1 saturated heterocycles. The lowest BCUT2D eigenvalue weighted by Gasteiger charge is -2.33. The molecule has 1 aliphatic heterocycles. The van der Waals surface area contributed by atoms with Crippen molar-refractivity contribution >= 4 is 0 Å². The Labute approximate surface area is 115 Å². The van der Waals surface area contributed by atoms with E-state index in [1.54, 1.807) is 0 Å². The summed E-state index contributed by atoms with van der Waals surface area (Å²) in [4.78, 5) is 0. The van der Waals surface area contributed by atoms with Gasteiger partial charge in [-0.15, -0.1) is 0 Å². The highest BCUT2D eigenvalue weighted by Gasteiger charge is 2.26. The summed E-state index contributed by atoms with van der Waals surface area (Å²) in [5.41, 5.74) is 2.01. The minimum Gasteiger partial charge on any atom is -0.381 e. The molecule has 1 heterocycles. The van der Waals surface area contributed by atoms with Crippen LogP contribution in [0.3, 0.4) is 0 Å². The molecule has 2 rings (SSSR count). The molecular formula is C16H22N2O. The summed E-state index contributed by atoms with van der Waals surface area (Å²) >= 11 is 0. The highest BCUT2D eigenvalue weighted by molar-refractivity contribution is 5.31. The summed E-state index contributed by atoms with van der Waals surface area (Å²) in [5.74, 6) is 0.518. The van der Waals surface area contributed by atoms with E-state index in [4.69, 9.17) is 10.00 Å². The Hall–Kier alpha value is -1.37. The van der Waals surface area contributed by atoms with Crippen molar-refractivity contribution in [3.8, 4) is 6.07 Å². The van der Waals surface area contributed by atoms with E-state index in [2.05, 4.69) is 37.4 Å². The van der Waals surface area contributed by atoms with Crippen LogP contribution in [0.25, 0.3) is 0 Å². The van der Waals surface area contributed by atoms with Crippen molar-refractivity contribution in [3.05, 3.63) is 35.4 Å². The van der Waals surface area contributed by atoms with Gasteiger partial charge in [-0.3, -0.25) is 0 Å². The SMILES string of the molecule is CC(C)N[C@H]1CCOC[C@@H]1Cc1ccc(C#N)cc1. The number of nitriles is 1. The predicted octanol–water partition coefficient (Wildman–Crippen LogP) is 2.50. The first-order valence-corrected chi connectivity index (χ1v) is 7.02. The molecule has 1 aromatic carbocycles. The molecule has 1 N–H and O–H groups in total. The van der Waals surface area contributed by atoms with Crippen LogP contribution in [-0.2, 0) is 11.2 Å². The maximum atomic E-state index is 8.81. The standard InChI is InChI=1S/C16H22N2O/c1-12(2)18-16-7-8-19-11-15(16)9-13-3-5-14(10-17)6-4-13/h3-6,12,15-16,18H,7-9,11H2,1-2H3/t15-,16-/m0/s1. The molecule has 0 aliphatic carbocycles. The van der Waals surface area contributed by atoms with Gasteiger partial charge in [-0.05, 0) is 30.5 Å². The van der Waals surface area contributed by atoms with Gasteiger partial charge < -0.3 is 10.1 Å². The Morgan fingerprint density at radius 2 is 2.11 bits per heavy atom. The molecule has 0 aromatic heterocycles. The summed E-state index contributed by atoms with van der Waals surface area (Å²) < 4.78 is 5.62. The van der Waals surface area contributed by atoms with E-state index in [-0.39, 0.29) is 0 Å². The first kappa shape index (κ1) is 14.0. The zero-order valence-electron chi connectivity index (χ0n) is 11.7. The molecule has 0 saturated carbocycles. The van der Waals surface area contributed by atoms with Crippen LogP contribution < -0.4 is 5.32 Å². The largest absolute Gasteiger partial charge is 0.381 e. The van der Waals surface area contributed by atoms with Crippen LogP contribution in [-0.4, -0.2) is 25.3 Å². The molecule has 1 fully saturated rings. The quantitative estimate of drug-likeness (QED) is 0.902. The Morgan fingerprint density at radius 3 is 2.74 bits per heavy atom. The Bertz CT molecular complexity index is 433. The van der Waals surface area contributed by atoms with Gasteiger partial charge in [-0.2, -0.15) is 5.26 Å². The van der Waals surface area contributed by atoms with Gasteiger partial charge in [0.05, 0.1) is 18.2 Å². The zero-order valence-corrected chi connectivity index (χ0v) is 11.7. The smallest absolute Gasteiger partial charge is 0.0991 e. The monoisotopic (exact) mass is 258 g/mol. The van der Waals surface area contributed by atoms with Crippen molar-refractivity contribution in [1.29, 1.82) is 5.26 Å². The minimum absolute atomic E-state index is 0.506. The van der Waals surface area contributed by atoms with Crippen LogP contribution in [0.1, 0.15) is 31.4 Å². The van der Waals surface area contributed by atoms with Crippen LogP contribution in [0.2, 0.25) is 0 Å². The fourth-order valence-electron chi connectivity index (χ4n) is 2.66. The fraction of sp³-hybridized carbons (Fsp3) is 0.562. The van der Waals surface area contributed by atoms with E-state index in [1.165, 1.54) is 5.56 Å². The highest BCUT2D eigenvalue weighted by atomic mass is 16.5. The molecule has 102 valence electrons. The fourth-order valence-corrected chi connectivity index (χ4v) is 2.66. The molecule has 0 amide bonds. The maximum absolute atomic E-state index is 8.81. The van der Waals surface area contributed by atoms with E-state index in [0.29, 0.717) is 18.0 Å². The number of ether oxygens (including phenoxy) is 1. The summed E-state index contributed by atoms with van der Waals surface area (Å²) in [7, 11) is 0. The molecule has 3 nitrogen and oxygen atoms in total. The second kappa shape index (κ2) is 6.70. The second-order valence-corrected chi connectivity index (χ2v) is 5.56. The third kappa shape index (κ3) is 4.05. The van der Waals surface area contributed by atoms with Crippen LogP contribution in [0.5, 0.6) is 0 Å². The van der Waals surface area contributed by atoms with Crippen LogP contribution in [0, 0.1) is 17.2 Å². The Morgan fingerprint density at radius 1 is 1.37 bits per heavy atom. The number of nitrogens with one attached hydrogen (secondary N) is 1. The second-order valence-electron chi connectivity index (χ2n) is 5.56. The van der Waals surface area contributed by atoms with Gasteiger partial charge in [0.1, 0.15) is 0 Å². The van der Waals surface area contributed by atoms with Crippen LogP contribution in [0.4, 0.5) is 0 Å². The molecule has 3 heteroatoms. The number of hydrogen-bond donors (Lipinski definition) is 1. The molecule has 1 aliphatic rings. The van der Waals surface area contributed by atoms with Crippen LogP contribution >= 0.6 is 0 Å². The third-order valence-electron chi connectivity index (χ3n) is 3.60. The third-order valence-corrected chi connectivity index (χ3v) is 3.60. The molecule has 0 spiro atoms. The van der Waals surface area contributed by atoms with Crippen molar-refractivity contribution < 1.29 is 4.74 Å². The van der Waals surface area contributed by atoms with Crippen molar-refractivity contribution in [3.63, 3.8) is 0 Å². The van der Waals surface area contributed by atoms with Crippen molar-refractivity contribution in [1.82, 2.24) is 5.32 Å². The van der Waals surface area contributed by atoms with E-state index in [1.807, 2.05) is 12.1 Å². The molecule has 2 atom stereocenters. The lowest BCUT2D eigenvalue weighted by atomic mass is 9.89. The number of nitrogens with zero attached hydrogens (tertiary/aromatic N) is 1. The number of hydrogen-bond acceptors (Lipinski definition) is 3. The van der Waals surface area contributed by atoms with Crippen molar-refractivity contribution in [2.75, 3.05) is 13.2 Å². The van der Waals surface area contributed by atoms with Gasteiger partial charge in [0, 0.05) is 24.6 Å². The predicted molar refractivity (Wildman–Crippen MR) is 75.8 cm³/mol. The zero-order chi connectivity index (χ0) is 13.7.